The number of nitrogens with zero attached hydrogens (tertiary/aromatic N) is 2. The Morgan fingerprint density at radius 1 is 0.926 bits per heavy atom. The zero-order valence-electron chi connectivity index (χ0n) is 14.8. The van der Waals surface area contributed by atoms with Crippen molar-refractivity contribution in [2.75, 3.05) is 12.1 Å². The standard InChI is InChI=1S/C22H18F2N2O/c1-27-22-9-5-2-6-17(22)21-14-19(15-10-12-16(23)13-11-15)25-26(21)20-8-4-3-7-18(20)24/h2-13,21H,14H2,1H3/t21-/m0/s1. The first-order valence-corrected chi connectivity index (χ1v) is 8.67. The molecule has 0 N–H and O–H groups in total. The van der Waals surface area contributed by atoms with Crippen LogP contribution in [-0.2, 0) is 0 Å². The highest BCUT2D eigenvalue weighted by molar-refractivity contribution is 6.03. The molecule has 1 atom stereocenters. The van der Waals surface area contributed by atoms with Gasteiger partial charge in [0.15, 0.2) is 0 Å². The third kappa shape index (κ3) is 3.28. The van der Waals surface area contributed by atoms with Gasteiger partial charge in [-0.25, -0.2) is 8.78 Å². The summed E-state index contributed by atoms with van der Waals surface area (Å²) in [5.41, 5.74) is 2.90. The Morgan fingerprint density at radius 2 is 1.63 bits per heavy atom. The van der Waals surface area contributed by atoms with E-state index in [1.54, 1.807) is 42.5 Å². The van der Waals surface area contributed by atoms with Crippen LogP contribution < -0.4 is 9.75 Å². The summed E-state index contributed by atoms with van der Waals surface area (Å²) >= 11 is 0. The average Bonchev–Trinajstić information content (AvgIpc) is 3.13. The fourth-order valence-corrected chi connectivity index (χ4v) is 3.37. The number of hydrogen-bond donors (Lipinski definition) is 0. The van der Waals surface area contributed by atoms with Crippen molar-refractivity contribution in [3.63, 3.8) is 0 Å². The number of hydrogen-bond acceptors (Lipinski definition) is 3. The van der Waals surface area contributed by atoms with E-state index in [2.05, 4.69) is 5.10 Å². The van der Waals surface area contributed by atoms with Crippen LogP contribution in [0, 0.1) is 11.6 Å². The predicted octanol–water partition coefficient (Wildman–Crippen LogP) is 5.33. The van der Waals surface area contributed by atoms with Crippen LogP contribution in [0.2, 0.25) is 0 Å². The van der Waals surface area contributed by atoms with E-state index in [1.807, 2.05) is 24.3 Å². The molecule has 0 saturated carbocycles. The molecule has 0 saturated heterocycles. The molecule has 0 spiro atoms. The van der Waals surface area contributed by atoms with Gasteiger partial charge in [-0.15, -0.1) is 0 Å². The maximum atomic E-state index is 14.5. The van der Waals surface area contributed by atoms with Gasteiger partial charge in [-0.3, -0.25) is 5.01 Å². The van der Waals surface area contributed by atoms with Gasteiger partial charge < -0.3 is 4.74 Å². The Bertz CT molecular complexity index is 986. The van der Waals surface area contributed by atoms with E-state index in [1.165, 1.54) is 18.2 Å². The highest BCUT2D eigenvalue weighted by atomic mass is 19.1. The van der Waals surface area contributed by atoms with Gasteiger partial charge >= 0.3 is 0 Å². The number of para-hydroxylation sites is 2. The van der Waals surface area contributed by atoms with Crippen LogP contribution in [-0.4, -0.2) is 12.8 Å². The van der Waals surface area contributed by atoms with Gasteiger partial charge in [0.2, 0.25) is 0 Å². The lowest BCUT2D eigenvalue weighted by atomic mass is 9.97. The molecule has 4 rings (SSSR count). The van der Waals surface area contributed by atoms with Gasteiger partial charge in [0.05, 0.1) is 24.6 Å². The van der Waals surface area contributed by atoms with Crippen LogP contribution in [0.25, 0.3) is 0 Å². The lowest BCUT2D eigenvalue weighted by Gasteiger charge is -2.25. The highest BCUT2D eigenvalue weighted by Gasteiger charge is 2.33. The summed E-state index contributed by atoms with van der Waals surface area (Å²) in [6, 6.07) is 20.2. The fraction of sp³-hybridized carbons (Fsp3) is 0.136. The summed E-state index contributed by atoms with van der Waals surface area (Å²) in [7, 11) is 1.61. The molecule has 136 valence electrons. The van der Waals surface area contributed by atoms with Crippen LogP contribution in [0.3, 0.4) is 0 Å². The average molecular weight is 364 g/mol. The van der Waals surface area contributed by atoms with E-state index in [4.69, 9.17) is 4.74 Å². The first kappa shape index (κ1) is 17.2. The Hall–Kier alpha value is -3.21. The Balaban J connectivity index is 1.80. The number of anilines is 1. The van der Waals surface area contributed by atoms with Gasteiger partial charge in [-0.1, -0.05) is 42.5 Å². The molecular formula is C22H18F2N2O. The van der Waals surface area contributed by atoms with Gasteiger partial charge in [-0.05, 0) is 35.9 Å². The normalized spacial score (nSPS) is 16.3. The first-order valence-electron chi connectivity index (χ1n) is 8.67. The maximum Gasteiger partial charge on any atom is 0.148 e. The topological polar surface area (TPSA) is 24.8 Å². The quantitative estimate of drug-likeness (QED) is 0.625. The molecule has 0 fully saturated rings. The second kappa shape index (κ2) is 7.19. The Morgan fingerprint density at radius 3 is 2.37 bits per heavy atom. The molecule has 0 aliphatic carbocycles. The lowest BCUT2D eigenvalue weighted by Crippen LogP contribution is -2.20. The third-order valence-electron chi connectivity index (χ3n) is 4.69. The summed E-state index contributed by atoms with van der Waals surface area (Å²) < 4.78 is 33.3. The third-order valence-corrected chi connectivity index (χ3v) is 4.69. The van der Waals surface area contributed by atoms with E-state index in [0.717, 1.165) is 22.6 Å². The number of ether oxygens (including phenoxy) is 1. The molecule has 27 heavy (non-hydrogen) atoms. The van der Waals surface area contributed by atoms with E-state index in [0.29, 0.717) is 12.1 Å². The summed E-state index contributed by atoms with van der Waals surface area (Å²) in [5.74, 6) is 0.0745. The van der Waals surface area contributed by atoms with Gasteiger partial charge in [0, 0.05) is 12.0 Å². The zero-order chi connectivity index (χ0) is 18.8. The number of methoxy groups -OCH3 is 1. The Kier molecular flexibility index (Phi) is 4.59. The molecule has 0 aromatic heterocycles. The smallest absolute Gasteiger partial charge is 0.148 e. The first-order chi connectivity index (χ1) is 13.2. The molecule has 0 amide bonds. The van der Waals surface area contributed by atoms with E-state index in [9.17, 15) is 8.78 Å². The molecule has 3 aromatic carbocycles. The molecule has 3 aromatic rings. The van der Waals surface area contributed by atoms with Crippen molar-refractivity contribution in [1.82, 2.24) is 0 Å². The minimum atomic E-state index is -0.346. The van der Waals surface area contributed by atoms with Gasteiger partial charge in [0.25, 0.3) is 0 Å². The molecular weight excluding hydrogens is 346 g/mol. The van der Waals surface area contributed by atoms with Crippen LogP contribution in [0.4, 0.5) is 14.5 Å². The van der Waals surface area contributed by atoms with Gasteiger partial charge in [0.1, 0.15) is 17.4 Å². The van der Waals surface area contributed by atoms with Crippen LogP contribution in [0.1, 0.15) is 23.6 Å². The predicted molar refractivity (Wildman–Crippen MR) is 102 cm³/mol. The molecule has 1 aliphatic heterocycles. The molecule has 1 heterocycles. The van der Waals surface area contributed by atoms with E-state index >= 15 is 0 Å². The molecule has 0 radical (unpaired) electrons. The van der Waals surface area contributed by atoms with Crippen molar-refractivity contribution in [3.8, 4) is 5.75 Å². The van der Waals surface area contributed by atoms with Crippen molar-refractivity contribution in [3.05, 3.63) is 95.6 Å². The van der Waals surface area contributed by atoms with Crippen molar-refractivity contribution in [2.45, 2.75) is 12.5 Å². The second-order valence-electron chi connectivity index (χ2n) is 6.31. The summed E-state index contributed by atoms with van der Waals surface area (Å²) in [6.07, 6.45) is 0.556. The number of rotatable bonds is 4. The van der Waals surface area contributed by atoms with Crippen LogP contribution in [0.15, 0.2) is 77.9 Å². The van der Waals surface area contributed by atoms with Crippen molar-refractivity contribution < 1.29 is 13.5 Å². The van der Waals surface area contributed by atoms with E-state index < -0.39 is 0 Å². The maximum absolute atomic E-state index is 14.5. The number of hydrazone groups is 1. The Labute approximate surface area is 156 Å². The van der Waals surface area contributed by atoms with Crippen molar-refractivity contribution in [1.29, 1.82) is 0 Å². The molecule has 5 heteroatoms. The minimum absolute atomic E-state index is 0.224. The minimum Gasteiger partial charge on any atom is -0.496 e. The van der Waals surface area contributed by atoms with Crippen LogP contribution >= 0.6 is 0 Å². The van der Waals surface area contributed by atoms with E-state index in [-0.39, 0.29) is 17.7 Å². The summed E-state index contributed by atoms with van der Waals surface area (Å²) in [6.45, 7) is 0. The lowest BCUT2D eigenvalue weighted by molar-refractivity contribution is 0.405. The number of halogens is 2. The molecule has 1 aliphatic rings. The van der Waals surface area contributed by atoms with Crippen molar-refractivity contribution >= 4 is 11.4 Å². The molecule has 0 bridgehead atoms. The van der Waals surface area contributed by atoms with Gasteiger partial charge in [-0.2, -0.15) is 5.10 Å². The summed E-state index contributed by atoms with van der Waals surface area (Å²) in [4.78, 5) is 0. The second-order valence-corrected chi connectivity index (χ2v) is 6.31. The monoisotopic (exact) mass is 364 g/mol. The SMILES string of the molecule is COc1ccccc1[C@@H]1CC(c2ccc(F)cc2)=NN1c1ccccc1F. The summed E-state index contributed by atoms with van der Waals surface area (Å²) in [5, 5.41) is 6.37. The highest BCUT2D eigenvalue weighted by Crippen LogP contribution is 2.40. The molecule has 0 unspecified atom stereocenters. The number of benzene rings is 3. The zero-order valence-corrected chi connectivity index (χ0v) is 14.8. The van der Waals surface area contributed by atoms with Crippen LogP contribution in [0.5, 0.6) is 5.75 Å². The largest absolute Gasteiger partial charge is 0.496 e. The van der Waals surface area contributed by atoms with Crippen molar-refractivity contribution in [2.24, 2.45) is 5.10 Å². The molecule has 3 nitrogen and oxygen atoms in total. The fourth-order valence-electron chi connectivity index (χ4n) is 3.37.